The van der Waals surface area contributed by atoms with E-state index >= 15 is 0 Å². The normalized spacial score (nSPS) is 10.1. The molecule has 1 aromatic heterocycles. The summed E-state index contributed by atoms with van der Waals surface area (Å²) in [7, 11) is 1.62. The molecule has 2 rings (SSSR count). The number of benzene rings is 1. The summed E-state index contributed by atoms with van der Waals surface area (Å²) in [5.41, 5.74) is 6.46. The van der Waals surface area contributed by atoms with Gasteiger partial charge in [0.25, 0.3) is 0 Å². The van der Waals surface area contributed by atoms with Crippen LogP contribution in [0, 0.1) is 0 Å². The van der Waals surface area contributed by atoms with E-state index < -0.39 is 0 Å². The van der Waals surface area contributed by atoms with Gasteiger partial charge in [-0.2, -0.15) is 0 Å². The van der Waals surface area contributed by atoms with E-state index in [4.69, 9.17) is 10.5 Å². The van der Waals surface area contributed by atoms with Crippen molar-refractivity contribution in [3.05, 3.63) is 48.2 Å². The second kappa shape index (κ2) is 7.54. The van der Waals surface area contributed by atoms with E-state index in [-0.39, 0.29) is 5.91 Å². The zero-order valence-corrected chi connectivity index (χ0v) is 12.5. The maximum atomic E-state index is 11.8. The van der Waals surface area contributed by atoms with E-state index in [1.807, 2.05) is 30.3 Å². The van der Waals surface area contributed by atoms with Crippen molar-refractivity contribution in [3.63, 3.8) is 0 Å². The van der Waals surface area contributed by atoms with Gasteiger partial charge in [-0.3, -0.25) is 4.79 Å². The fraction of sp³-hybridized carbons (Fsp3) is 0.200. The summed E-state index contributed by atoms with van der Waals surface area (Å²) < 4.78 is 5.24. The molecule has 0 unspecified atom stereocenters. The molecule has 0 fully saturated rings. The lowest BCUT2D eigenvalue weighted by Crippen LogP contribution is -2.24. The summed E-state index contributed by atoms with van der Waals surface area (Å²) in [6.07, 6.45) is 1.66. The van der Waals surface area contributed by atoms with Gasteiger partial charge in [-0.25, -0.2) is 4.98 Å². The molecule has 0 spiro atoms. The number of rotatable bonds is 6. The molecule has 0 atom stereocenters. The van der Waals surface area contributed by atoms with Gasteiger partial charge in [-0.1, -0.05) is 18.2 Å². The zero-order valence-electron chi connectivity index (χ0n) is 11.7. The molecule has 0 aliphatic heterocycles. The van der Waals surface area contributed by atoms with Crippen LogP contribution < -0.4 is 15.8 Å². The smallest absolute Gasteiger partial charge is 0.230 e. The van der Waals surface area contributed by atoms with Crippen molar-refractivity contribution >= 4 is 23.5 Å². The maximum Gasteiger partial charge on any atom is 0.230 e. The summed E-state index contributed by atoms with van der Waals surface area (Å²) in [5.74, 6) is 1.54. The van der Waals surface area contributed by atoms with Crippen LogP contribution in [0.25, 0.3) is 0 Å². The number of aromatic nitrogens is 1. The third-order valence-corrected chi connectivity index (χ3v) is 3.78. The number of amides is 1. The number of hydrogen-bond acceptors (Lipinski definition) is 5. The SMILES string of the molecule is COc1ccccc1CNC(=O)CSc1ccc(N)nc1. The van der Waals surface area contributed by atoms with E-state index in [2.05, 4.69) is 10.3 Å². The van der Waals surface area contributed by atoms with Gasteiger partial charge in [-0.15, -0.1) is 11.8 Å². The number of nitrogens with one attached hydrogen (secondary N) is 1. The van der Waals surface area contributed by atoms with Crippen molar-refractivity contribution in [1.82, 2.24) is 10.3 Å². The van der Waals surface area contributed by atoms with Crippen LogP contribution in [-0.4, -0.2) is 23.8 Å². The first-order valence-corrected chi connectivity index (χ1v) is 7.40. The number of thioether (sulfide) groups is 1. The molecular formula is C15H17N3O2S. The first-order valence-electron chi connectivity index (χ1n) is 6.42. The molecule has 1 amide bonds. The number of nitrogens with zero attached hydrogens (tertiary/aromatic N) is 1. The highest BCUT2D eigenvalue weighted by Gasteiger charge is 2.06. The highest BCUT2D eigenvalue weighted by Crippen LogP contribution is 2.18. The standard InChI is InChI=1S/C15H17N3O2S/c1-20-13-5-3-2-4-11(13)8-18-15(19)10-21-12-6-7-14(16)17-9-12/h2-7,9H,8,10H2,1H3,(H2,16,17)(H,18,19). The zero-order chi connectivity index (χ0) is 15.1. The highest BCUT2D eigenvalue weighted by molar-refractivity contribution is 8.00. The first-order chi connectivity index (χ1) is 10.2. The van der Waals surface area contributed by atoms with E-state index in [1.54, 1.807) is 19.4 Å². The molecule has 1 heterocycles. The van der Waals surface area contributed by atoms with Crippen LogP contribution in [0.5, 0.6) is 5.75 Å². The molecule has 1 aromatic carbocycles. The molecule has 2 aromatic rings. The second-order valence-corrected chi connectivity index (χ2v) is 5.34. The van der Waals surface area contributed by atoms with Crippen LogP contribution in [0.2, 0.25) is 0 Å². The summed E-state index contributed by atoms with van der Waals surface area (Å²) >= 11 is 1.42. The Hall–Kier alpha value is -2.21. The third-order valence-electron chi connectivity index (χ3n) is 2.80. The molecule has 110 valence electrons. The monoisotopic (exact) mass is 303 g/mol. The Bertz CT molecular complexity index is 602. The van der Waals surface area contributed by atoms with Crippen LogP contribution in [0.4, 0.5) is 5.82 Å². The van der Waals surface area contributed by atoms with Crippen molar-refractivity contribution in [3.8, 4) is 5.75 Å². The van der Waals surface area contributed by atoms with Gasteiger partial charge in [-0.05, 0) is 18.2 Å². The van der Waals surface area contributed by atoms with Crippen molar-refractivity contribution in [2.24, 2.45) is 0 Å². The van der Waals surface area contributed by atoms with Crippen molar-refractivity contribution in [1.29, 1.82) is 0 Å². The lowest BCUT2D eigenvalue weighted by molar-refractivity contribution is -0.118. The fourth-order valence-electron chi connectivity index (χ4n) is 1.72. The minimum absolute atomic E-state index is 0.0391. The minimum Gasteiger partial charge on any atom is -0.496 e. The molecule has 21 heavy (non-hydrogen) atoms. The van der Waals surface area contributed by atoms with Gasteiger partial charge in [0.05, 0.1) is 12.9 Å². The topological polar surface area (TPSA) is 77.2 Å². The summed E-state index contributed by atoms with van der Waals surface area (Å²) in [6, 6.07) is 11.2. The molecule has 0 aliphatic rings. The molecule has 6 heteroatoms. The van der Waals surface area contributed by atoms with Crippen LogP contribution in [0.1, 0.15) is 5.56 Å². The number of pyridine rings is 1. The predicted molar refractivity (Wildman–Crippen MR) is 84.2 cm³/mol. The Morgan fingerprint density at radius 1 is 1.33 bits per heavy atom. The van der Waals surface area contributed by atoms with Crippen LogP contribution in [-0.2, 0) is 11.3 Å². The van der Waals surface area contributed by atoms with E-state index in [0.29, 0.717) is 18.1 Å². The molecule has 5 nitrogen and oxygen atoms in total. The number of anilines is 1. The van der Waals surface area contributed by atoms with Gasteiger partial charge in [0, 0.05) is 23.2 Å². The Kier molecular flexibility index (Phi) is 5.45. The summed E-state index contributed by atoms with van der Waals surface area (Å²) in [4.78, 5) is 16.7. The van der Waals surface area contributed by atoms with Gasteiger partial charge >= 0.3 is 0 Å². The van der Waals surface area contributed by atoms with Crippen LogP contribution in [0.3, 0.4) is 0 Å². The van der Waals surface area contributed by atoms with Crippen LogP contribution in [0.15, 0.2) is 47.5 Å². The second-order valence-electron chi connectivity index (χ2n) is 4.30. The lowest BCUT2D eigenvalue weighted by atomic mass is 10.2. The van der Waals surface area contributed by atoms with Gasteiger partial charge in [0.15, 0.2) is 0 Å². The molecular weight excluding hydrogens is 286 g/mol. The number of ether oxygens (including phenoxy) is 1. The number of hydrogen-bond donors (Lipinski definition) is 2. The number of nitrogen functional groups attached to an aromatic ring is 1. The quantitative estimate of drug-likeness (QED) is 0.799. The molecule has 0 saturated heterocycles. The van der Waals surface area contributed by atoms with Crippen LogP contribution >= 0.6 is 11.8 Å². The molecule has 0 saturated carbocycles. The first kappa shape index (κ1) is 15.2. The number of carbonyl (C=O) groups excluding carboxylic acids is 1. The number of methoxy groups -OCH3 is 1. The van der Waals surface area contributed by atoms with E-state index in [1.165, 1.54) is 11.8 Å². The minimum atomic E-state index is -0.0391. The third kappa shape index (κ3) is 4.68. The number of para-hydroxylation sites is 1. The van der Waals surface area contributed by atoms with Gasteiger partial charge in [0.2, 0.25) is 5.91 Å². The molecule has 0 radical (unpaired) electrons. The predicted octanol–water partition coefficient (Wildman–Crippen LogP) is 2.08. The highest BCUT2D eigenvalue weighted by atomic mass is 32.2. The van der Waals surface area contributed by atoms with Gasteiger partial charge < -0.3 is 15.8 Å². The number of carbonyl (C=O) groups is 1. The number of nitrogens with two attached hydrogens (primary N) is 1. The Morgan fingerprint density at radius 3 is 2.86 bits per heavy atom. The van der Waals surface area contributed by atoms with Crippen molar-refractivity contribution < 1.29 is 9.53 Å². The van der Waals surface area contributed by atoms with E-state index in [0.717, 1.165) is 16.2 Å². The fourth-order valence-corrected chi connectivity index (χ4v) is 2.41. The van der Waals surface area contributed by atoms with Gasteiger partial charge in [0.1, 0.15) is 11.6 Å². The lowest BCUT2D eigenvalue weighted by Gasteiger charge is -2.09. The van der Waals surface area contributed by atoms with Crippen molar-refractivity contribution in [2.45, 2.75) is 11.4 Å². The molecule has 0 bridgehead atoms. The largest absolute Gasteiger partial charge is 0.496 e. The Balaban J connectivity index is 1.81. The average molecular weight is 303 g/mol. The average Bonchev–Trinajstić information content (AvgIpc) is 2.52. The molecule has 0 aliphatic carbocycles. The molecule has 3 N–H and O–H groups in total. The maximum absolute atomic E-state index is 11.8. The Morgan fingerprint density at radius 2 is 2.14 bits per heavy atom. The van der Waals surface area contributed by atoms with E-state index in [9.17, 15) is 4.79 Å². The van der Waals surface area contributed by atoms with Crippen molar-refractivity contribution in [2.75, 3.05) is 18.6 Å². The summed E-state index contributed by atoms with van der Waals surface area (Å²) in [6.45, 7) is 0.448. The summed E-state index contributed by atoms with van der Waals surface area (Å²) in [5, 5.41) is 2.87. The Labute approximate surface area is 127 Å².